The molecule has 0 unspecified atom stereocenters. The molecule has 2 aromatic carbocycles. The number of halogens is 3. The highest BCUT2D eigenvalue weighted by molar-refractivity contribution is 7.99. The number of nitrogens with zero attached hydrogens (tertiary/aromatic N) is 1. The van der Waals surface area contributed by atoms with E-state index in [1.165, 1.54) is 17.8 Å². The molecule has 0 amide bonds. The van der Waals surface area contributed by atoms with Crippen molar-refractivity contribution in [2.75, 3.05) is 0 Å². The highest BCUT2D eigenvalue weighted by atomic mass is 32.2. The van der Waals surface area contributed by atoms with Crippen molar-refractivity contribution in [3.8, 4) is 6.07 Å². The third kappa shape index (κ3) is 3.59. The summed E-state index contributed by atoms with van der Waals surface area (Å²) in [5, 5.41) is 8.79. The van der Waals surface area contributed by atoms with E-state index in [-0.39, 0.29) is 5.56 Å². The van der Waals surface area contributed by atoms with Crippen LogP contribution < -0.4 is 0 Å². The molecule has 0 aliphatic carbocycles. The molecule has 2 aromatic rings. The number of aryl methyl sites for hydroxylation is 2. The van der Waals surface area contributed by atoms with Gasteiger partial charge in [-0.15, -0.1) is 0 Å². The second-order valence-corrected chi connectivity index (χ2v) is 5.80. The van der Waals surface area contributed by atoms with Gasteiger partial charge >= 0.3 is 6.18 Å². The fraction of sp³-hybridized carbons (Fsp3) is 0.188. The van der Waals surface area contributed by atoms with Gasteiger partial charge in [-0.05, 0) is 49.2 Å². The fourth-order valence-corrected chi connectivity index (χ4v) is 2.90. The van der Waals surface area contributed by atoms with E-state index in [4.69, 9.17) is 5.26 Å². The van der Waals surface area contributed by atoms with Crippen LogP contribution in [0.5, 0.6) is 0 Å². The van der Waals surface area contributed by atoms with E-state index < -0.39 is 11.7 Å². The number of alkyl halides is 3. The highest BCUT2D eigenvalue weighted by Crippen LogP contribution is 2.37. The maximum absolute atomic E-state index is 12.9. The topological polar surface area (TPSA) is 23.8 Å². The Morgan fingerprint density at radius 1 is 1.05 bits per heavy atom. The summed E-state index contributed by atoms with van der Waals surface area (Å²) in [4.78, 5) is 1.38. The molecule has 0 aromatic heterocycles. The third-order valence-electron chi connectivity index (χ3n) is 2.99. The predicted molar refractivity (Wildman–Crippen MR) is 76.2 cm³/mol. The van der Waals surface area contributed by atoms with Crippen molar-refractivity contribution < 1.29 is 13.2 Å². The Morgan fingerprint density at radius 3 is 2.38 bits per heavy atom. The Morgan fingerprint density at radius 2 is 1.76 bits per heavy atom. The van der Waals surface area contributed by atoms with E-state index in [1.54, 1.807) is 12.1 Å². The van der Waals surface area contributed by atoms with Crippen LogP contribution in [0.15, 0.2) is 46.2 Å². The summed E-state index contributed by atoms with van der Waals surface area (Å²) in [6, 6.07) is 11.2. The van der Waals surface area contributed by atoms with Crippen LogP contribution in [0.4, 0.5) is 13.2 Å². The molecule has 0 fully saturated rings. The van der Waals surface area contributed by atoms with Gasteiger partial charge in [0, 0.05) is 9.79 Å². The molecule has 0 saturated heterocycles. The molecule has 1 nitrogen and oxygen atoms in total. The van der Waals surface area contributed by atoms with Gasteiger partial charge in [0.1, 0.15) is 0 Å². The van der Waals surface area contributed by atoms with Gasteiger partial charge in [0.15, 0.2) is 0 Å². The van der Waals surface area contributed by atoms with E-state index >= 15 is 0 Å². The van der Waals surface area contributed by atoms with E-state index in [2.05, 4.69) is 0 Å². The van der Waals surface area contributed by atoms with Crippen LogP contribution >= 0.6 is 11.8 Å². The minimum absolute atomic E-state index is 0.354. The molecule has 2 rings (SSSR count). The van der Waals surface area contributed by atoms with Crippen LogP contribution in [0.2, 0.25) is 0 Å². The maximum Gasteiger partial charge on any atom is 0.417 e. The second-order valence-electron chi connectivity index (χ2n) is 4.69. The van der Waals surface area contributed by atoms with Gasteiger partial charge in [-0.2, -0.15) is 18.4 Å². The SMILES string of the molecule is Cc1ccc(C)c(Sc2ccc(C#N)c(C(F)(F)F)c2)c1. The summed E-state index contributed by atoms with van der Waals surface area (Å²) >= 11 is 1.27. The molecular weight excluding hydrogens is 295 g/mol. The average Bonchev–Trinajstić information content (AvgIpc) is 2.42. The number of benzene rings is 2. The molecule has 0 aliphatic rings. The van der Waals surface area contributed by atoms with Crippen LogP contribution in [0.25, 0.3) is 0 Å². The molecule has 0 heterocycles. The first-order valence-electron chi connectivity index (χ1n) is 6.17. The second kappa shape index (κ2) is 5.82. The maximum atomic E-state index is 12.9. The van der Waals surface area contributed by atoms with Gasteiger partial charge in [-0.1, -0.05) is 23.9 Å². The summed E-state index contributed by atoms with van der Waals surface area (Å²) in [5.74, 6) is 0. The number of rotatable bonds is 2. The van der Waals surface area contributed by atoms with Gasteiger partial charge in [-0.25, -0.2) is 0 Å². The smallest absolute Gasteiger partial charge is 0.192 e. The number of hydrogen-bond donors (Lipinski definition) is 0. The van der Waals surface area contributed by atoms with Crippen molar-refractivity contribution in [1.29, 1.82) is 5.26 Å². The summed E-state index contributed by atoms with van der Waals surface area (Å²) in [7, 11) is 0. The lowest BCUT2D eigenvalue weighted by molar-refractivity contribution is -0.137. The molecule has 0 saturated carbocycles. The molecular formula is C16H12F3NS. The molecule has 0 atom stereocenters. The Bertz CT molecular complexity index is 714. The van der Waals surface area contributed by atoms with Gasteiger partial charge < -0.3 is 0 Å². The zero-order chi connectivity index (χ0) is 15.6. The van der Waals surface area contributed by atoms with Crippen molar-refractivity contribution in [2.24, 2.45) is 0 Å². The summed E-state index contributed by atoms with van der Waals surface area (Å²) < 4.78 is 38.8. The van der Waals surface area contributed by atoms with Crippen LogP contribution in [0, 0.1) is 25.2 Å². The van der Waals surface area contributed by atoms with Crippen molar-refractivity contribution in [2.45, 2.75) is 29.8 Å². The van der Waals surface area contributed by atoms with Crippen molar-refractivity contribution >= 4 is 11.8 Å². The Hall–Kier alpha value is -1.93. The highest BCUT2D eigenvalue weighted by Gasteiger charge is 2.33. The lowest BCUT2D eigenvalue weighted by Gasteiger charge is -2.11. The molecule has 5 heteroatoms. The number of hydrogen-bond acceptors (Lipinski definition) is 2. The normalized spacial score (nSPS) is 11.2. The lowest BCUT2D eigenvalue weighted by atomic mass is 10.1. The molecule has 0 radical (unpaired) electrons. The largest absolute Gasteiger partial charge is 0.417 e. The minimum atomic E-state index is -4.52. The summed E-state index contributed by atoms with van der Waals surface area (Å²) in [6.45, 7) is 3.85. The van der Waals surface area contributed by atoms with Crippen LogP contribution in [0.1, 0.15) is 22.3 Å². The Labute approximate surface area is 125 Å². The van der Waals surface area contributed by atoms with E-state index in [0.717, 1.165) is 22.1 Å². The third-order valence-corrected chi connectivity index (χ3v) is 4.14. The lowest BCUT2D eigenvalue weighted by Crippen LogP contribution is -2.07. The molecule has 0 bridgehead atoms. The van der Waals surface area contributed by atoms with Gasteiger partial charge in [-0.3, -0.25) is 0 Å². The minimum Gasteiger partial charge on any atom is -0.192 e. The Kier molecular flexibility index (Phi) is 4.29. The molecule has 108 valence electrons. The monoisotopic (exact) mass is 307 g/mol. The first kappa shape index (κ1) is 15.5. The van der Waals surface area contributed by atoms with Gasteiger partial charge in [0.25, 0.3) is 0 Å². The predicted octanol–water partition coefficient (Wildman–Crippen LogP) is 5.35. The van der Waals surface area contributed by atoms with Crippen LogP contribution in [0.3, 0.4) is 0 Å². The van der Waals surface area contributed by atoms with Crippen LogP contribution in [-0.2, 0) is 6.18 Å². The molecule has 0 spiro atoms. The summed E-state index contributed by atoms with van der Waals surface area (Å²) in [5.41, 5.74) is 0.810. The molecule has 0 N–H and O–H groups in total. The quantitative estimate of drug-likeness (QED) is 0.747. The van der Waals surface area contributed by atoms with Gasteiger partial charge in [0.2, 0.25) is 0 Å². The zero-order valence-corrected chi connectivity index (χ0v) is 12.3. The zero-order valence-electron chi connectivity index (χ0n) is 11.5. The fourth-order valence-electron chi connectivity index (χ4n) is 1.86. The Balaban J connectivity index is 2.42. The summed E-state index contributed by atoms with van der Waals surface area (Å²) in [6.07, 6.45) is -4.52. The molecule has 0 aliphatic heterocycles. The average molecular weight is 307 g/mol. The molecule has 21 heavy (non-hydrogen) atoms. The van der Waals surface area contributed by atoms with Crippen molar-refractivity contribution in [3.05, 3.63) is 58.7 Å². The number of nitriles is 1. The van der Waals surface area contributed by atoms with Crippen molar-refractivity contribution in [3.63, 3.8) is 0 Å². The first-order chi connectivity index (χ1) is 9.81. The van der Waals surface area contributed by atoms with E-state index in [1.807, 2.05) is 32.0 Å². The standard InChI is InChI=1S/C16H12F3NS/c1-10-3-4-11(2)15(7-10)21-13-6-5-12(9-20)14(8-13)16(17,18)19/h3-8H,1-2H3. The van der Waals surface area contributed by atoms with Crippen LogP contribution in [-0.4, -0.2) is 0 Å². The van der Waals surface area contributed by atoms with Gasteiger partial charge in [0.05, 0.1) is 17.2 Å². The van der Waals surface area contributed by atoms with E-state index in [9.17, 15) is 13.2 Å². The first-order valence-corrected chi connectivity index (χ1v) is 6.99. The van der Waals surface area contributed by atoms with E-state index in [0.29, 0.717) is 4.90 Å². The van der Waals surface area contributed by atoms with Crippen molar-refractivity contribution in [1.82, 2.24) is 0 Å².